The Kier molecular flexibility index (Phi) is 7.79. The molecule has 2 aromatic rings. The minimum Gasteiger partial charge on any atom is -0.481 e. The summed E-state index contributed by atoms with van der Waals surface area (Å²) >= 11 is 14.4. The van der Waals surface area contributed by atoms with Crippen LogP contribution in [0.15, 0.2) is 53.1 Å². The Morgan fingerprint density at radius 1 is 1.30 bits per heavy atom. The molecule has 10 heteroatoms. The van der Waals surface area contributed by atoms with E-state index in [9.17, 15) is 9.59 Å². The summed E-state index contributed by atoms with van der Waals surface area (Å²) in [5.41, 5.74) is 4.76. The van der Waals surface area contributed by atoms with Crippen molar-refractivity contribution >= 4 is 58.1 Å². The van der Waals surface area contributed by atoms with Gasteiger partial charge in [-0.15, -0.1) is 22.9 Å². The second-order valence-electron chi connectivity index (χ2n) is 9.19. The molecule has 37 heavy (non-hydrogen) atoms. The van der Waals surface area contributed by atoms with Gasteiger partial charge in [0.05, 0.1) is 46.2 Å². The van der Waals surface area contributed by atoms with Gasteiger partial charge in [0.1, 0.15) is 5.01 Å². The van der Waals surface area contributed by atoms with E-state index in [1.54, 1.807) is 11.3 Å². The number of hydrogen-bond acceptors (Lipinski definition) is 5. The Labute approximate surface area is 228 Å². The van der Waals surface area contributed by atoms with E-state index in [-0.39, 0.29) is 30.2 Å². The molecule has 0 bridgehead atoms. The lowest BCUT2D eigenvalue weighted by Crippen LogP contribution is -2.32. The first-order valence-electron chi connectivity index (χ1n) is 12.2. The molecule has 0 radical (unpaired) electrons. The minimum absolute atomic E-state index is 0.0923. The number of aryl methyl sites for hydroxylation is 1. The van der Waals surface area contributed by atoms with Gasteiger partial charge in [0, 0.05) is 23.6 Å². The number of aliphatic carboxylic acids is 1. The molecule has 2 unspecified atom stereocenters. The molecule has 2 aromatic heterocycles. The molecule has 0 saturated heterocycles. The van der Waals surface area contributed by atoms with E-state index in [2.05, 4.69) is 17.5 Å². The molecular weight excluding hydrogens is 531 g/mol. The molecule has 0 aliphatic heterocycles. The summed E-state index contributed by atoms with van der Waals surface area (Å²) in [5.74, 6) is -1.42. The van der Waals surface area contributed by atoms with Crippen LogP contribution >= 0.6 is 34.5 Å². The van der Waals surface area contributed by atoms with E-state index in [1.165, 1.54) is 4.88 Å². The van der Waals surface area contributed by atoms with E-state index >= 15 is 0 Å². The van der Waals surface area contributed by atoms with Gasteiger partial charge in [-0.3, -0.25) is 14.3 Å². The second-order valence-corrected chi connectivity index (χ2v) is 11.3. The number of nitrogens with zero attached hydrogens (tertiary/aromatic N) is 3. The summed E-state index contributed by atoms with van der Waals surface area (Å²) in [5, 5.41) is 17.8. The van der Waals surface area contributed by atoms with E-state index in [1.807, 2.05) is 41.1 Å². The van der Waals surface area contributed by atoms with E-state index < -0.39 is 5.97 Å². The number of alkyl halides is 1. The van der Waals surface area contributed by atoms with Gasteiger partial charge < -0.3 is 10.4 Å². The fraction of sp³-hybridized carbons (Fsp3) is 0.333. The molecule has 0 spiro atoms. The Morgan fingerprint density at radius 2 is 2.16 bits per heavy atom. The van der Waals surface area contributed by atoms with Crippen molar-refractivity contribution in [3.63, 3.8) is 0 Å². The zero-order valence-electron chi connectivity index (χ0n) is 20.0. The lowest BCUT2D eigenvalue weighted by molar-refractivity contribution is -0.137. The number of hydrogen-bond donors (Lipinski definition) is 2. The molecule has 1 amide bonds. The van der Waals surface area contributed by atoms with Crippen LogP contribution in [0.5, 0.6) is 0 Å². The predicted octanol–water partition coefficient (Wildman–Crippen LogP) is 5.58. The summed E-state index contributed by atoms with van der Waals surface area (Å²) < 4.78 is 1.95. The maximum Gasteiger partial charge on any atom is 0.305 e. The third-order valence-corrected chi connectivity index (χ3v) is 8.01. The van der Waals surface area contributed by atoms with Gasteiger partial charge in [-0.25, -0.2) is 4.98 Å². The van der Waals surface area contributed by atoms with Crippen molar-refractivity contribution in [3.05, 3.63) is 69.4 Å². The summed E-state index contributed by atoms with van der Waals surface area (Å²) in [4.78, 5) is 29.2. The molecule has 0 fully saturated rings. The number of carbonyl (C=O) groups excluding carboxylic acids is 1. The summed E-state index contributed by atoms with van der Waals surface area (Å²) in [6, 6.07) is 2.04. The number of carboxylic acids is 1. The van der Waals surface area contributed by atoms with Crippen LogP contribution in [0.1, 0.15) is 41.9 Å². The number of halogens is 2. The summed E-state index contributed by atoms with van der Waals surface area (Å²) in [6.45, 7) is 0.646. The molecule has 2 heterocycles. The minimum atomic E-state index is -0.934. The SMILES string of the molecule is O=C(O)CCNC(=O)C1C=CC(Cn2nc(C3=CC(Cl)CC(Cl)=C3)cc2-c2nc3c(s2)C=CCC3)=CC1. The van der Waals surface area contributed by atoms with Gasteiger partial charge in [-0.05, 0) is 43.1 Å². The number of carboxylic acid groups (broad SMARTS) is 1. The smallest absolute Gasteiger partial charge is 0.305 e. The Morgan fingerprint density at radius 3 is 2.89 bits per heavy atom. The van der Waals surface area contributed by atoms with Gasteiger partial charge in [0.25, 0.3) is 0 Å². The van der Waals surface area contributed by atoms with Gasteiger partial charge >= 0.3 is 5.97 Å². The van der Waals surface area contributed by atoms with Crippen molar-refractivity contribution in [3.8, 4) is 10.7 Å². The third-order valence-electron chi connectivity index (χ3n) is 6.39. The number of thiazole rings is 1. The number of fused-ring (bicyclic) bond motifs is 1. The maximum atomic E-state index is 12.4. The van der Waals surface area contributed by atoms with E-state index in [0.717, 1.165) is 46.1 Å². The molecule has 2 atom stereocenters. The van der Waals surface area contributed by atoms with Crippen LogP contribution < -0.4 is 5.32 Å². The first-order chi connectivity index (χ1) is 17.9. The van der Waals surface area contributed by atoms with Crippen molar-refractivity contribution in [2.24, 2.45) is 5.92 Å². The lowest BCUT2D eigenvalue weighted by atomic mass is 9.96. The number of carbonyl (C=O) groups is 2. The topological polar surface area (TPSA) is 97.1 Å². The van der Waals surface area contributed by atoms with Gasteiger partial charge in [-0.1, -0.05) is 42.0 Å². The standard InChI is InChI=1S/C27H26Cl2N4O3S/c28-19-11-18(12-20(29)13-19)22-14-23(27-31-21-3-1-2-4-24(21)37-27)33(32-22)15-16-5-7-17(8-6-16)26(36)30-10-9-25(34)35/h2,4-7,11-12,14,17,19H,1,3,8-10,13,15H2,(H,30,36)(H,34,35). The van der Waals surface area contributed by atoms with Gasteiger partial charge in [0.2, 0.25) is 5.91 Å². The van der Waals surface area contributed by atoms with Gasteiger partial charge in [-0.2, -0.15) is 5.10 Å². The molecule has 0 aromatic carbocycles. The van der Waals surface area contributed by atoms with Crippen LogP contribution in [0.25, 0.3) is 22.4 Å². The van der Waals surface area contributed by atoms with Crippen molar-refractivity contribution in [1.82, 2.24) is 20.1 Å². The van der Waals surface area contributed by atoms with Crippen LogP contribution in [0.4, 0.5) is 0 Å². The maximum absolute atomic E-state index is 12.4. The average Bonchev–Trinajstić information content (AvgIpc) is 3.48. The highest BCUT2D eigenvalue weighted by Crippen LogP contribution is 2.36. The zero-order valence-corrected chi connectivity index (χ0v) is 22.3. The van der Waals surface area contributed by atoms with Crippen molar-refractivity contribution in [2.75, 3.05) is 6.54 Å². The fourth-order valence-corrected chi connectivity index (χ4v) is 6.22. The van der Waals surface area contributed by atoms with Crippen LogP contribution in [-0.2, 0) is 22.6 Å². The number of nitrogens with one attached hydrogen (secondary N) is 1. The Bertz CT molecular complexity index is 1380. The Balaban J connectivity index is 1.38. The monoisotopic (exact) mass is 556 g/mol. The molecule has 7 nitrogen and oxygen atoms in total. The zero-order chi connectivity index (χ0) is 25.9. The largest absolute Gasteiger partial charge is 0.481 e. The van der Waals surface area contributed by atoms with Crippen molar-refractivity contribution in [1.29, 1.82) is 0 Å². The van der Waals surface area contributed by atoms with Crippen LogP contribution in [0.3, 0.4) is 0 Å². The van der Waals surface area contributed by atoms with Crippen LogP contribution in [0.2, 0.25) is 0 Å². The van der Waals surface area contributed by atoms with E-state index in [0.29, 0.717) is 24.4 Å². The number of rotatable bonds is 8. The molecule has 3 aliphatic carbocycles. The highest BCUT2D eigenvalue weighted by Gasteiger charge is 2.22. The average molecular weight is 558 g/mol. The third kappa shape index (κ3) is 6.14. The van der Waals surface area contributed by atoms with Crippen LogP contribution in [0, 0.1) is 5.92 Å². The van der Waals surface area contributed by atoms with Crippen LogP contribution in [-0.4, -0.2) is 43.7 Å². The second kappa shape index (κ2) is 11.2. The van der Waals surface area contributed by atoms with Crippen molar-refractivity contribution in [2.45, 2.75) is 44.0 Å². The first kappa shape index (κ1) is 25.7. The number of amides is 1. The molecule has 0 saturated carbocycles. The predicted molar refractivity (Wildman–Crippen MR) is 147 cm³/mol. The van der Waals surface area contributed by atoms with Crippen molar-refractivity contribution < 1.29 is 14.7 Å². The first-order valence-corrected chi connectivity index (χ1v) is 13.8. The lowest BCUT2D eigenvalue weighted by Gasteiger charge is -2.16. The molecule has 5 rings (SSSR count). The fourth-order valence-electron chi connectivity index (χ4n) is 4.49. The number of allylic oxidation sites excluding steroid dienone is 8. The highest BCUT2D eigenvalue weighted by atomic mass is 35.5. The number of aromatic nitrogens is 3. The summed E-state index contributed by atoms with van der Waals surface area (Å²) in [6.07, 6.45) is 17.0. The van der Waals surface area contributed by atoms with E-state index in [4.69, 9.17) is 38.4 Å². The van der Waals surface area contributed by atoms with Gasteiger partial charge in [0.15, 0.2) is 0 Å². The molecule has 192 valence electrons. The molecular formula is C27H26Cl2N4O3S. The normalized spacial score (nSPS) is 20.6. The quantitative estimate of drug-likeness (QED) is 0.414. The molecule has 3 aliphatic rings. The Hall–Kier alpha value is -2.94. The molecule has 2 N–H and O–H groups in total. The highest BCUT2D eigenvalue weighted by molar-refractivity contribution is 7.16. The summed E-state index contributed by atoms with van der Waals surface area (Å²) in [7, 11) is 0.